The predicted molar refractivity (Wildman–Crippen MR) is 36.0 cm³/mol. The van der Waals surface area contributed by atoms with Crippen LogP contribution in [0.1, 0.15) is 10.5 Å². The van der Waals surface area contributed by atoms with E-state index < -0.39 is 7.12 Å². The molecule has 0 saturated carbocycles. The molecule has 0 spiro atoms. The van der Waals surface area contributed by atoms with Gasteiger partial charge in [0.15, 0.2) is 6.29 Å². The molecule has 0 aliphatic carbocycles. The second-order valence-corrected chi connectivity index (χ2v) is 1.88. The van der Waals surface area contributed by atoms with E-state index in [2.05, 4.69) is 4.98 Å². The number of nitrogens with one attached hydrogen (secondary N) is 1. The average Bonchev–Trinajstić information content (AvgIpc) is 2.34. The Bertz CT molecular complexity index is 233. The molecule has 4 nitrogen and oxygen atoms in total. The van der Waals surface area contributed by atoms with Crippen molar-refractivity contribution in [2.24, 2.45) is 0 Å². The first-order chi connectivity index (χ1) is 4.74. The van der Waals surface area contributed by atoms with Crippen molar-refractivity contribution in [3.05, 3.63) is 18.0 Å². The Morgan fingerprint density at radius 1 is 1.60 bits per heavy atom. The van der Waals surface area contributed by atoms with E-state index in [9.17, 15) is 4.79 Å². The van der Waals surface area contributed by atoms with Gasteiger partial charge in [0.05, 0.1) is 5.69 Å². The summed E-state index contributed by atoms with van der Waals surface area (Å²) in [6.07, 6.45) is 1.97. The van der Waals surface area contributed by atoms with Gasteiger partial charge >= 0.3 is 7.12 Å². The Hall–Kier alpha value is -1.07. The van der Waals surface area contributed by atoms with E-state index in [0.717, 1.165) is 0 Å². The molecule has 0 atom stereocenters. The maximum atomic E-state index is 10.0. The number of H-pyrrole nitrogens is 1. The molecule has 1 aromatic rings. The summed E-state index contributed by atoms with van der Waals surface area (Å²) in [6, 6.07) is 1.37. The Morgan fingerprint density at radius 2 is 2.30 bits per heavy atom. The molecule has 1 heterocycles. The number of hydrogen-bond donors (Lipinski definition) is 3. The largest absolute Gasteiger partial charge is 0.490 e. The van der Waals surface area contributed by atoms with Crippen molar-refractivity contribution < 1.29 is 14.8 Å². The van der Waals surface area contributed by atoms with Crippen LogP contribution >= 0.6 is 0 Å². The molecule has 0 aromatic carbocycles. The lowest BCUT2D eigenvalue weighted by molar-refractivity contribution is 0.111. The fourth-order valence-electron chi connectivity index (χ4n) is 0.647. The molecular formula is C5H6BNO3. The van der Waals surface area contributed by atoms with E-state index in [1.807, 2.05) is 0 Å². The number of aldehydes is 1. The van der Waals surface area contributed by atoms with Gasteiger partial charge < -0.3 is 15.0 Å². The normalized spacial score (nSPS) is 9.40. The average molecular weight is 139 g/mol. The van der Waals surface area contributed by atoms with Crippen LogP contribution < -0.4 is 5.46 Å². The van der Waals surface area contributed by atoms with Crippen LogP contribution in [0.15, 0.2) is 12.3 Å². The van der Waals surface area contributed by atoms with Gasteiger partial charge in [0.25, 0.3) is 0 Å². The summed E-state index contributed by atoms with van der Waals surface area (Å²) < 4.78 is 0. The molecule has 0 unspecified atom stereocenters. The van der Waals surface area contributed by atoms with E-state index in [4.69, 9.17) is 10.0 Å². The summed E-state index contributed by atoms with van der Waals surface area (Å²) in [7, 11) is -1.51. The van der Waals surface area contributed by atoms with Gasteiger partial charge in [0.2, 0.25) is 0 Å². The molecule has 0 radical (unpaired) electrons. The highest BCUT2D eigenvalue weighted by Gasteiger charge is 2.11. The minimum absolute atomic E-state index is 0.294. The first-order valence-electron chi connectivity index (χ1n) is 2.73. The van der Waals surface area contributed by atoms with Gasteiger partial charge in [-0.2, -0.15) is 0 Å². The molecule has 0 fully saturated rings. The second kappa shape index (κ2) is 2.68. The number of aromatic nitrogens is 1. The number of aromatic amines is 1. The number of carbonyl (C=O) groups excluding carboxylic acids is 1. The zero-order chi connectivity index (χ0) is 7.56. The molecule has 0 aliphatic heterocycles. The standard InChI is InChI=1S/C5H6BNO3/c8-3-5-1-4(2-7-5)6(9)10/h1-3,7,9-10H. The van der Waals surface area contributed by atoms with Gasteiger partial charge in [-0.25, -0.2) is 0 Å². The summed E-state index contributed by atoms with van der Waals surface area (Å²) in [5.41, 5.74) is 0.630. The summed E-state index contributed by atoms with van der Waals surface area (Å²) in [5, 5.41) is 17.1. The van der Waals surface area contributed by atoms with E-state index in [1.54, 1.807) is 0 Å². The molecule has 10 heavy (non-hydrogen) atoms. The van der Waals surface area contributed by atoms with Crippen molar-refractivity contribution in [3.63, 3.8) is 0 Å². The number of hydrogen-bond acceptors (Lipinski definition) is 3. The Morgan fingerprint density at radius 3 is 2.60 bits per heavy atom. The van der Waals surface area contributed by atoms with Crippen molar-refractivity contribution in [1.29, 1.82) is 0 Å². The quantitative estimate of drug-likeness (QED) is 0.345. The van der Waals surface area contributed by atoms with Crippen molar-refractivity contribution in [1.82, 2.24) is 4.98 Å². The van der Waals surface area contributed by atoms with E-state index in [-0.39, 0.29) is 0 Å². The van der Waals surface area contributed by atoms with Gasteiger partial charge in [-0.1, -0.05) is 0 Å². The highest BCUT2D eigenvalue weighted by Crippen LogP contribution is 1.87. The molecule has 0 amide bonds. The molecule has 1 rings (SSSR count). The van der Waals surface area contributed by atoms with Gasteiger partial charge in [0.1, 0.15) is 0 Å². The lowest BCUT2D eigenvalue weighted by Gasteiger charge is -1.87. The molecule has 0 bridgehead atoms. The molecule has 1 aromatic heterocycles. The zero-order valence-corrected chi connectivity index (χ0v) is 5.11. The summed E-state index contributed by atoms with van der Waals surface area (Å²) in [4.78, 5) is 12.6. The van der Waals surface area contributed by atoms with E-state index in [0.29, 0.717) is 17.4 Å². The van der Waals surface area contributed by atoms with Gasteiger partial charge in [-0.3, -0.25) is 4.79 Å². The zero-order valence-electron chi connectivity index (χ0n) is 5.11. The second-order valence-electron chi connectivity index (χ2n) is 1.88. The van der Waals surface area contributed by atoms with Crippen LogP contribution in [0, 0.1) is 0 Å². The third-order valence-electron chi connectivity index (χ3n) is 1.15. The number of carbonyl (C=O) groups is 1. The molecule has 3 N–H and O–H groups in total. The van der Waals surface area contributed by atoms with Crippen LogP contribution in [0.2, 0.25) is 0 Å². The Labute approximate surface area is 57.6 Å². The SMILES string of the molecule is O=Cc1cc(B(O)O)c[nH]1. The minimum Gasteiger partial charge on any atom is -0.423 e. The van der Waals surface area contributed by atoms with Gasteiger partial charge in [-0.15, -0.1) is 0 Å². The lowest BCUT2D eigenvalue weighted by atomic mass is 9.83. The highest BCUT2D eigenvalue weighted by atomic mass is 16.4. The van der Waals surface area contributed by atoms with Crippen molar-refractivity contribution >= 4 is 18.9 Å². The summed E-state index contributed by atoms with van der Waals surface area (Å²) >= 11 is 0. The molecule has 0 saturated heterocycles. The molecule has 0 aliphatic rings. The van der Waals surface area contributed by atoms with Crippen molar-refractivity contribution in [2.45, 2.75) is 0 Å². The van der Waals surface area contributed by atoms with Crippen LogP contribution in [0.25, 0.3) is 0 Å². The fourth-order valence-corrected chi connectivity index (χ4v) is 0.647. The Kier molecular flexibility index (Phi) is 1.89. The molecular weight excluding hydrogens is 133 g/mol. The molecule has 52 valence electrons. The maximum absolute atomic E-state index is 10.0. The first-order valence-corrected chi connectivity index (χ1v) is 2.73. The third kappa shape index (κ3) is 1.26. The lowest BCUT2D eigenvalue weighted by Crippen LogP contribution is -2.28. The maximum Gasteiger partial charge on any atom is 0.490 e. The monoisotopic (exact) mass is 139 g/mol. The summed E-state index contributed by atoms with van der Waals surface area (Å²) in [5.74, 6) is 0. The van der Waals surface area contributed by atoms with E-state index in [1.165, 1.54) is 12.3 Å². The van der Waals surface area contributed by atoms with Crippen LogP contribution in [-0.4, -0.2) is 28.4 Å². The fraction of sp³-hybridized carbons (Fsp3) is 0. The van der Waals surface area contributed by atoms with Crippen molar-refractivity contribution in [3.8, 4) is 0 Å². The Balaban J connectivity index is 2.88. The summed E-state index contributed by atoms with van der Waals surface area (Å²) in [6.45, 7) is 0. The highest BCUT2D eigenvalue weighted by molar-refractivity contribution is 6.58. The van der Waals surface area contributed by atoms with Gasteiger partial charge in [0, 0.05) is 11.7 Å². The third-order valence-corrected chi connectivity index (χ3v) is 1.15. The minimum atomic E-state index is -1.51. The predicted octanol–water partition coefficient (Wildman–Crippen LogP) is -1.49. The van der Waals surface area contributed by atoms with Crippen LogP contribution in [-0.2, 0) is 0 Å². The molecule has 5 heteroatoms. The van der Waals surface area contributed by atoms with Crippen molar-refractivity contribution in [2.75, 3.05) is 0 Å². The first kappa shape index (κ1) is 7.05. The smallest absolute Gasteiger partial charge is 0.423 e. The van der Waals surface area contributed by atoms with Crippen LogP contribution in [0.4, 0.5) is 0 Å². The number of rotatable bonds is 2. The topological polar surface area (TPSA) is 73.3 Å². The van der Waals surface area contributed by atoms with Crippen LogP contribution in [0.3, 0.4) is 0 Å². The van der Waals surface area contributed by atoms with Crippen LogP contribution in [0.5, 0.6) is 0 Å². The van der Waals surface area contributed by atoms with Gasteiger partial charge in [-0.05, 0) is 6.07 Å². The van der Waals surface area contributed by atoms with E-state index >= 15 is 0 Å².